The summed E-state index contributed by atoms with van der Waals surface area (Å²) in [6.07, 6.45) is 5.05. The minimum atomic E-state index is -0.00111. The molecule has 0 aromatic carbocycles. The largest absolute Gasteiger partial charge is 0.344 e. The molecule has 0 aliphatic carbocycles. The Balaban J connectivity index is 2.00. The van der Waals surface area contributed by atoms with Gasteiger partial charge in [0.25, 0.3) is 5.91 Å². The van der Waals surface area contributed by atoms with Crippen LogP contribution in [-0.4, -0.2) is 58.8 Å². The summed E-state index contributed by atoms with van der Waals surface area (Å²) in [6, 6.07) is 0. The first-order valence-corrected chi connectivity index (χ1v) is 8.51. The molecule has 0 spiro atoms. The summed E-state index contributed by atoms with van der Waals surface area (Å²) in [6.45, 7) is 3.06. The number of likely N-dealkylation sites (tertiary alicyclic amines) is 1. The van der Waals surface area contributed by atoms with Crippen molar-refractivity contribution in [3.8, 4) is 0 Å². The zero-order valence-electron chi connectivity index (χ0n) is 13.6. The zero-order chi connectivity index (χ0) is 16.6. The van der Waals surface area contributed by atoms with Gasteiger partial charge in [-0.3, -0.25) is 14.6 Å². The quantitative estimate of drug-likeness (QED) is 0.845. The van der Waals surface area contributed by atoms with Crippen molar-refractivity contribution in [2.24, 2.45) is 0 Å². The first kappa shape index (κ1) is 15.9. The number of nitrogens with zero attached hydrogens (tertiary/aromatic N) is 4. The van der Waals surface area contributed by atoms with Gasteiger partial charge in [-0.2, -0.15) is 0 Å². The van der Waals surface area contributed by atoms with E-state index in [0.717, 1.165) is 46.7 Å². The fraction of sp³-hybridized carbons (Fsp3) is 0.500. The lowest BCUT2D eigenvalue weighted by Crippen LogP contribution is -2.36. The lowest BCUT2D eigenvalue weighted by atomic mass is 9.88. The first-order chi connectivity index (χ1) is 11.0. The van der Waals surface area contributed by atoms with Crippen molar-refractivity contribution >= 4 is 33.5 Å². The van der Waals surface area contributed by atoms with Crippen molar-refractivity contribution in [1.82, 2.24) is 19.8 Å². The molecule has 1 aliphatic heterocycles. The van der Waals surface area contributed by atoms with Crippen molar-refractivity contribution in [3.63, 3.8) is 0 Å². The van der Waals surface area contributed by atoms with Crippen LogP contribution < -0.4 is 0 Å². The normalized spacial score (nSPS) is 15.9. The van der Waals surface area contributed by atoms with Gasteiger partial charge in [-0.05, 0) is 18.8 Å². The van der Waals surface area contributed by atoms with Crippen LogP contribution >= 0.6 is 11.3 Å². The smallest absolute Gasteiger partial charge is 0.263 e. The minimum Gasteiger partial charge on any atom is -0.344 e. The SMILES string of the molecule is CC(=O)N1CCC(c2c(C(=O)N(C)C)sc3nccnc23)CC1. The number of aromatic nitrogens is 2. The molecule has 0 unspecified atom stereocenters. The third kappa shape index (κ3) is 2.93. The van der Waals surface area contributed by atoms with E-state index in [1.165, 1.54) is 11.3 Å². The first-order valence-electron chi connectivity index (χ1n) is 7.69. The second kappa shape index (κ2) is 6.23. The summed E-state index contributed by atoms with van der Waals surface area (Å²) in [5, 5.41) is 0. The Hall–Kier alpha value is -2.02. The molecule has 3 rings (SSSR count). The summed E-state index contributed by atoms with van der Waals surface area (Å²) < 4.78 is 0. The molecule has 2 amide bonds. The van der Waals surface area contributed by atoms with Crippen LogP contribution in [0.2, 0.25) is 0 Å². The molecule has 7 heteroatoms. The van der Waals surface area contributed by atoms with Gasteiger partial charge in [0.1, 0.15) is 10.3 Å². The molecule has 0 atom stereocenters. The number of fused-ring (bicyclic) bond motifs is 1. The molecule has 3 heterocycles. The molecule has 0 bridgehead atoms. The Morgan fingerprint density at radius 1 is 1.22 bits per heavy atom. The summed E-state index contributed by atoms with van der Waals surface area (Å²) in [7, 11) is 3.52. The molecule has 23 heavy (non-hydrogen) atoms. The van der Waals surface area contributed by atoms with Crippen LogP contribution in [0.3, 0.4) is 0 Å². The summed E-state index contributed by atoms with van der Waals surface area (Å²) >= 11 is 1.42. The van der Waals surface area contributed by atoms with Gasteiger partial charge in [-0.1, -0.05) is 0 Å². The number of carbonyl (C=O) groups is 2. The molecule has 0 N–H and O–H groups in total. The summed E-state index contributed by atoms with van der Waals surface area (Å²) in [5.41, 5.74) is 1.85. The fourth-order valence-electron chi connectivity index (χ4n) is 3.07. The fourth-order valence-corrected chi connectivity index (χ4v) is 4.28. The molecule has 2 aromatic rings. The van der Waals surface area contributed by atoms with E-state index in [-0.39, 0.29) is 17.7 Å². The average molecular weight is 332 g/mol. The highest BCUT2D eigenvalue weighted by molar-refractivity contribution is 7.20. The number of thiophene rings is 1. The summed E-state index contributed by atoms with van der Waals surface area (Å²) in [5.74, 6) is 0.358. The van der Waals surface area contributed by atoms with Crippen LogP contribution in [0, 0.1) is 0 Å². The molecular formula is C16H20N4O2S. The molecule has 6 nitrogen and oxygen atoms in total. The zero-order valence-corrected chi connectivity index (χ0v) is 14.4. The van der Waals surface area contributed by atoms with Crippen molar-refractivity contribution < 1.29 is 9.59 Å². The average Bonchev–Trinajstić information content (AvgIpc) is 2.93. The highest BCUT2D eigenvalue weighted by Crippen LogP contribution is 2.39. The van der Waals surface area contributed by atoms with Crippen LogP contribution in [0.1, 0.15) is 40.9 Å². The maximum Gasteiger partial charge on any atom is 0.263 e. The summed E-state index contributed by atoms with van der Waals surface area (Å²) in [4.78, 5) is 37.9. The molecule has 1 fully saturated rings. The predicted octanol–water partition coefficient (Wildman–Crippen LogP) is 2.12. The highest BCUT2D eigenvalue weighted by Gasteiger charge is 2.30. The van der Waals surface area contributed by atoms with E-state index in [2.05, 4.69) is 9.97 Å². The predicted molar refractivity (Wildman–Crippen MR) is 89.7 cm³/mol. The number of piperidine rings is 1. The lowest BCUT2D eigenvalue weighted by Gasteiger charge is -2.31. The van der Waals surface area contributed by atoms with Crippen molar-refractivity contribution in [3.05, 3.63) is 22.8 Å². The third-order valence-corrected chi connectivity index (χ3v) is 5.40. The van der Waals surface area contributed by atoms with Crippen LogP contribution in [0.25, 0.3) is 10.3 Å². The minimum absolute atomic E-state index is 0.00111. The van der Waals surface area contributed by atoms with Gasteiger partial charge in [0.15, 0.2) is 0 Å². The highest BCUT2D eigenvalue weighted by atomic mass is 32.1. The second-order valence-corrected chi connectivity index (χ2v) is 7.03. The van der Waals surface area contributed by atoms with Crippen molar-refractivity contribution in [2.75, 3.05) is 27.2 Å². The Morgan fingerprint density at radius 2 is 1.87 bits per heavy atom. The van der Waals surface area contributed by atoms with Gasteiger partial charge < -0.3 is 9.80 Å². The third-order valence-electron chi connectivity index (χ3n) is 4.31. The molecule has 1 aliphatic rings. The molecule has 122 valence electrons. The monoisotopic (exact) mass is 332 g/mol. The number of carbonyl (C=O) groups excluding carboxylic acids is 2. The van der Waals surface area contributed by atoms with Gasteiger partial charge >= 0.3 is 0 Å². The standard InChI is InChI=1S/C16H20N4O2S/c1-10(21)20-8-4-11(5-9-20)12-13-15(18-7-6-17-13)23-14(12)16(22)19(2)3/h6-7,11H,4-5,8-9H2,1-3H3. The Labute approximate surface area is 139 Å². The van der Waals surface area contributed by atoms with Gasteiger partial charge in [0.05, 0.1) is 4.88 Å². The Morgan fingerprint density at radius 3 is 2.48 bits per heavy atom. The molecular weight excluding hydrogens is 312 g/mol. The number of rotatable bonds is 2. The van der Waals surface area contributed by atoms with E-state index < -0.39 is 0 Å². The van der Waals surface area contributed by atoms with E-state index in [4.69, 9.17) is 0 Å². The van der Waals surface area contributed by atoms with Crippen molar-refractivity contribution in [2.45, 2.75) is 25.7 Å². The van der Waals surface area contributed by atoms with E-state index in [1.807, 2.05) is 4.90 Å². The van der Waals surface area contributed by atoms with E-state index in [0.29, 0.717) is 0 Å². The van der Waals surface area contributed by atoms with Crippen LogP contribution in [0.5, 0.6) is 0 Å². The van der Waals surface area contributed by atoms with Gasteiger partial charge in [0.2, 0.25) is 5.91 Å². The number of hydrogen-bond acceptors (Lipinski definition) is 5. The van der Waals surface area contributed by atoms with E-state index >= 15 is 0 Å². The molecule has 2 aromatic heterocycles. The second-order valence-electron chi connectivity index (χ2n) is 6.03. The molecule has 0 saturated carbocycles. The van der Waals surface area contributed by atoms with Crippen LogP contribution in [-0.2, 0) is 4.79 Å². The van der Waals surface area contributed by atoms with E-state index in [1.54, 1.807) is 38.3 Å². The van der Waals surface area contributed by atoms with Gasteiger partial charge in [-0.25, -0.2) is 4.98 Å². The van der Waals surface area contributed by atoms with E-state index in [9.17, 15) is 9.59 Å². The maximum absolute atomic E-state index is 12.6. The topological polar surface area (TPSA) is 66.4 Å². The Bertz CT molecular complexity index is 748. The lowest BCUT2D eigenvalue weighted by molar-refractivity contribution is -0.129. The number of amides is 2. The number of hydrogen-bond donors (Lipinski definition) is 0. The van der Waals surface area contributed by atoms with Crippen LogP contribution in [0.4, 0.5) is 0 Å². The molecule has 1 saturated heterocycles. The van der Waals surface area contributed by atoms with Crippen molar-refractivity contribution in [1.29, 1.82) is 0 Å². The maximum atomic E-state index is 12.6. The van der Waals surface area contributed by atoms with Gasteiger partial charge in [-0.15, -0.1) is 11.3 Å². The Kier molecular flexibility index (Phi) is 4.30. The van der Waals surface area contributed by atoms with Gasteiger partial charge in [0, 0.05) is 52.1 Å². The van der Waals surface area contributed by atoms with Crippen LogP contribution in [0.15, 0.2) is 12.4 Å². The molecule has 0 radical (unpaired) electrons.